The lowest BCUT2D eigenvalue weighted by Gasteiger charge is -2.28. The van der Waals surface area contributed by atoms with Crippen LogP contribution in [0.15, 0.2) is 24.3 Å². The minimum absolute atomic E-state index is 0.207. The fraction of sp³-hybridized carbons (Fsp3) is 0.641. The number of aromatic hydroxyl groups is 2. The van der Waals surface area contributed by atoms with Crippen molar-refractivity contribution in [2.24, 2.45) is 0 Å². The highest BCUT2D eigenvalue weighted by Crippen LogP contribution is 2.42. The van der Waals surface area contributed by atoms with Crippen LogP contribution >= 0.6 is 0 Å². The number of unbranched alkanes of at least 4 members (excludes halogenated alkanes) is 1. The fourth-order valence-electron chi connectivity index (χ4n) is 5.13. The summed E-state index contributed by atoms with van der Waals surface area (Å²) in [7, 11) is 0. The number of benzene rings is 2. The number of nitrogens with one attached hydrogen (secondary N) is 2. The maximum atomic E-state index is 12.4. The summed E-state index contributed by atoms with van der Waals surface area (Å²) < 4.78 is 21.9. The van der Waals surface area contributed by atoms with Gasteiger partial charge in [0.1, 0.15) is 11.5 Å². The van der Waals surface area contributed by atoms with Gasteiger partial charge in [-0.3, -0.25) is 10.6 Å². The van der Waals surface area contributed by atoms with Crippen molar-refractivity contribution in [3.8, 4) is 11.5 Å². The molecular formula is C39H62N2O8. The Balaban J connectivity index is 1.61. The van der Waals surface area contributed by atoms with Gasteiger partial charge in [-0.15, -0.1) is 0 Å². The van der Waals surface area contributed by atoms with Crippen LogP contribution in [0, 0.1) is 0 Å². The van der Waals surface area contributed by atoms with Crippen molar-refractivity contribution in [3.05, 3.63) is 46.5 Å². The lowest BCUT2D eigenvalue weighted by atomic mass is 9.79. The molecule has 10 heteroatoms. The first-order valence-electron chi connectivity index (χ1n) is 17.3. The predicted octanol–water partition coefficient (Wildman–Crippen LogP) is 9.29. The summed E-state index contributed by atoms with van der Waals surface area (Å²) in [4.78, 5) is 24.9. The van der Waals surface area contributed by atoms with E-state index in [0.29, 0.717) is 50.6 Å². The van der Waals surface area contributed by atoms with Gasteiger partial charge in [0, 0.05) is 53.3 Å². The highest BCUT2D eigenvalue weighted by Gasteiger charge is 2.28. The molecule has 0 aliphatic carbocycles. The van der Waals surface area contributed by atoms with E-state index >= 15 is 0 Å². The number of hydrogen-bond acceptors (Lipinski definition) is 8. The van der Waals surface area contributed by atoms with Crippen LogP contribution in [-0.2, 0) is 40.6 Å². The number of amides is 2. The van der Waals surface area contributed by atoms with E-state index < -0.39 is 12.2 Å². The zero-order valence-corrected chi connectivity index (χ0v) is 32.0. The number of ether oxygens (including phenoxy) is 4. The summed E-state index contributed by atoms with van der Waals surface area (Å²) in [5.41, 5.74) is 3.03. The van der Waals surface area contributed by atoms with Crippen LogP contribution < -0.4 is 10.6 Å². The maximum Gasteiger partial charge on any atom is 0.411 e. The number of carbonyl (C=O) groups is 2. The van der Waals surface area contributed by atoms with Crippen molar-refractivity contribution >= 4 is 23.6 Å². The summed E-state index contributed by atoms with van der Waals surface area (Å²) in [5.74, 6) is 0.515. The van der Waals surface area contributed by atoms with Crippen molar-refractivity contribution in [2.45, 2.75) is 124 Å². The molecule has 4 N–H and O–H groups in total. The van der Waals surface area contributed by atoms with Crippen molar-refractivity contribution in [2.75, 3.05) is 50.3 Å². The van der Waals surface area contributed by atoms with Crippen molar-refractivity contribution in [1.29, 1.82) is 0 Å². The van der Waals surface area contributed by atoms with E-state index in [-0.39, 0.29) is 46.4 Å². The normalized spacial score (nSPS) is 12.5. The zero-order chi connectivity index (χ0) is 37.2. The average molecular weight is 687 g/mol. The van der Waals surface area contributed by atoms with Gasteiger partial charge in [0.15, 0.2) is 0 Å². The van der Waals surface area contributed by atoms with E-state index in [0.717, 1.165) is 28.7 Å². The standard InChI is InChI=1S/C39H62N2O8/c1-36(2,3)28-22-26(23-29(32(28)42)37(4,5)6)40-34(44)48-18-14-13-16-46-20-21-47-17-15-19-49-35(45)41-27-24-30(38(7,8)9)33(43)31(25-27)39(10,11)12/h22-25,42-43H,13-21H2,1-12H3,(H,40,44)(H,41,45). The average Bonchev–Trinajstić information content (AvgIpc) is 2.94. The molecule has 2 aromatic carbocycles. The van der Waals surface area contributed by atoms with Crippen LogP contribution in [0.1, 0.15) is 125 Å². The van der Waals surface area contributed by atoms with E-state index in [4.69, 9.17) is 18.9 Å². The molecule has 2 aromatic rings. The Morgan fingerprint density at radius 1 is 0.490 bits per heavy atom. The molecule has 10 nitrogen and oxygen atoms in total. The molecule has 49 heavy (non-hydrogen) atoms. The Morgan fingerprint density at radius 2 is 0.776 bits per heavy atom. The summed E-state index contributed by atoms with van der Waals surface area (Å²) >= 11 is 0. The first-order valence-corrected chi connectivity index (χ1v) is 17.3. The second-order valence-corrected chi connectivity index (χ2v) is 16.6. The molecular weight excluding hydrogens is 624 g/mol. The maximum absolute atomic E-state index is 12.4. The van der Waals surface area contributed by atoms with Crippen molar-refractivity contribution in [3.63, 3.8) is 0 Å². The topological polar surface area (TPSA) is 136 Å². The highest BCUT2D eigenvalue weighted by molar-refractivity contribution is 5.86. The van der Waals surface area contributed by atoms with Crippen molar-refractivity contribution in [1.82, 2.24) is 0 Å². The quantitative estimate of drug-likeness (QED) is 0.114. The fourth-order valence-corrected chi connectivity index (χ4v) is 5.13. The molecule has 0 aliphatic rings. The van der Waals surface area contributed by atoms with Crippen LogP contribution in [0.2, 0.25) is 0 Å². The Hall–Kier alpha value is -3.50. The van der Waals surface area contributed by atoms with Gasteiger partial charge >= 0.3 is 12.2 Å². The first kappa shape index (κ1) is 41.7. The van der Waals surface area contributed by atoms with E-state index in [9.17, 15) is 19.8 Å². The molecule has 0 bridgehead atoms. The third-order valence-electron chi connectivity index (χ3n) is 7.90. The molecule has 0 radical (unpaired) electrons. The Kier molecular flexibility index (Phi) is 14.8. The largest absolute Gasteiger partial charge is 0.507 e. The minimum Gasteiger partial charge on any atom is -0.507 e. The number of carbonyl (C=O) groups excluding carboxylic acids is 2. The molecule has 0 aliphatic heterocycles. The molecule has 276 valence electrons. The highest BCUT2D eigenvalue weighted by atomic mass is 16.6. The van der Waals surface area contributed by atoms with E-state index in [1.807, 2.05) is 83.1 Å². The van der Waals surface area contributed by atoms with Gasteiger partial charge in [-0.1, -0.05) is 83.1 Å². The third kappa shape index (κ3) is 13.7. The molecule has 0 unspecified atom stereocenters. The molecule has 0 saturated heterocycles. The number of anilines is 2. The van der Waals surface area contributed by atoms with Crippen LogP contribution in [0.25, 0.3) is 0 Å². The molecule has 0 fully saturated rings. The smallest absolute Gasteiger partial charge is 0.411 e. The number of hydrogen-bond donors (Lipinski definition) is 4. The van der Waals surface area contributed by atoms with Gasteiger partial charge in [-0.05, 0) is 58.8 Å². The van der Waals surface area contributed by atoms with Gasteiger partial charge in [0.25, 0.3) is 0 Å². The Morgan fingerprint density at radius 3 is 1.10 bits per heavy atom. The van der Waals surface area contributed by atoms with Gasteiger partial charge < -0.3 is 29.2 Å². The number of phenolic OH excluding ortho intramolecular Hbond substituents is 2. The molecule has 0 aromatic heterocycles. The summed E-state index contributed by atoms with van der Waals surface area (Å²) in [6.45, 7) is 26.5. The van der Waals surface area contributed by atoms with Gasteiger partial charge in [0.05, 0.1) is 26.4 Å². The van der Waals surface area contributed by atoms with Crippen LogP contribution in [0.5, 0.6) is 11.5 Å². The Labute approximate surface area is 294 Å². The molecule has 2 amide bonds. The van der Waals surface area contributed by atoms with Crippen LogP contribution in [0.4, 0.5) is 21.0 Å². The van der Waals surface area contributed by atoms with E-state index in [1.54, 1.807) is 24.3 Å². The zero-order valence-electron chi connectivity index (χ0n) is 32.0. The molecule has 0 atom stereocenters. The third-order valence-corrected chi connectivity index (χ3v) is 7.90. The summed E-state index contributed by atoms with van der Waals surface area (Å²) in [6.07, 6.45) is 0.837. The SMILES string of the molecule is CC(C)(C)c1cc(NC(=O)OCCCCOCCOCCCOC(=O)Nc2cc(C(C)(C)C)c(O)c(C(C)(C)C)c2)cc(C(C)(C)C)c1O. The Bertz CT molecular complexity index is 1220. The second-order valence-electron chi connectivity index (χ2n) is 16.6. The lowest BCUT2D eigenvalue weighted by Crippen LogP contribution is -2.20. The monoisotopic (exact) mass is 686 g/mol. The predicted molar refractivity (Wildman–Crippen MR) is 196 cm³/mol. The minimum atomic E-state index is -0.556. The van der Waals surface area contributed by atoms with Gasteiger partial charge in [-0.25, -0.2) is 9.59 Å². The first-order chi connectivity index (χ1) is 22.5. The molecule has 2 rings (SSSR count). The lowest BCUT2D eigenvalue weighted by molar-refractivity contribution is 0.0391. The molecule has 0 spiro atoms. The van der Waals surface area contributed by atoms with E-state index in [1.165, 1.54) is 0 Å². The summed E-state index contributed by atoms with van der Waals surface area (Å²) in [5, 5.41) is 27.3. The second kappa shape index (κ2) is 17.4. The van der Waals surface area contributed by atoms with Crippen LogP contribution in [0.3, 0.4) is 0 Å². The molecule has 0 heterocycles. The van der Waals surface area contributed by atoms with Gasteiger partial charge in [0.2, 0.25) is 0 Å². The number of phenols is 2. The summed E-state index contributed by atoms with van der Waals surface area (Å²) in [6, 6.07) is 7.19. The van der Waals surface area contributed by atoms with Crippen molar-refractivity contribution < 1.29 is 38.7 Å². The van der Waals surface area contributed by atoms with E-state index in [2.05, 4.69) is 10.6 Å². The molecule has 0 saturated carbocycles. The van der Waals surface area contributed by atoms with Crippen LogP contribution in [-0.4, -0.2) is 62.0 Å². The van der Waals surface area contributed by atoms with Gasteiger partial charge in [-0.2, -0.15) is 0 Å². The number of rotatable bonds is 14.